The van der Waals surface area contributed by atoms with Crippen LogP contribution in [0.1, 0.15) is 24.6 Å². The summed E-state index contributed by atoms with van der Waals surface area (Å²) in [5.41, 5.74) is 8.66. The lowest BCUT2D eigenvalue weighted by Crippen LogP contribution is -2.57. The molecule has 0 spiro atoms. The summed E-state index contributed by atoms with van der Waals surface area (Å²) >= 11 is 1.58. The van der Waals surface area contributed by atoms with Crippen LogP contribution < -0.4 is 16.0 Å². The van der Waals surface area contributed by atoms with Crippen molar-refractivity contribution >= 4 is 29.0 Å². The van der Waals surface area contributed by atoms with Crippen molar-refractivity contribution in [3.8, 4) is 11.1 Å². The molecule has 1 fully saturated rings. The zero-order valence-corrected chi connectivity index (χ0v) is 15.8. The highest BCUT2D eigenvalue weighted by molar-refractivity contribution is 7.10. The van der Waals surface area contributed by atoms with Crippen LogP contribution in [0.2, 0.25) is 0 Å². The highest BCUT2D eigenvalue weighted by Crippen LogP contribution is 2.36. The molecule has 0 aliphatic carbocycles. The van der Waals surface area contributed by atoms with Crippen molar-refractivity contribution in [3.63, 3.8) is 0 Å². The Hall–Kier alpha value is -2.54. The molecule has 2 aliphatic heterocycles. The molecular formula is C19H23N5OS. The first kappa shape index (κ1) is 16.9. The number of hydrogen-bond acceptors (Lipinski definition) is 5. The van der Waals surface area contributed by atoms with Crippen molar-refractivity contribution in [1.29, 1.82) is 0 Å². The number of nitrogens with two attached hydrogens (primary N) is 1. The minimum Gasteiger partial charge on any atom is -0.372 e. The summed E-state index contributed by atoms with van der Waals surface area (Å²) in [7, 11) is 1.61. The van der Waals surface area contributed by atoms with Gasteiger partial charge < -0.3 is 16.0 Å². The third-order valence-electron chi connectivity index (χ3n) is 5.07. The highest BCUT2D eigenvalue weighted by Gasteiger charge is 2.36. The van der Waals surface area contributed by atoms with Crippen LogP contribution >= 0.6 is 11.3 Å². The molecule has 0 saturated carbocycles. The summed E-state index contributed by atoms with van der Waals surface area (Å²) in [6.07, 6.45) is 2.53. The molecule has 0 radical (unpaired) electrons. The Morgan fingerprint density at radius 1 is 1.23 bits per heavy atom. The molecule has 3 N–H and O–H groups in total. The second-order valence-electron chi connectivity index (χ2n) is 6.98. The number of aliphatic imine (C=N–C) groups is 1. The second-order valence-corrected chi connectivity index (χ2v) is 7.89. The van der Waals surface area contributed by atoms with Gasteiger partial charge in [0.05, 0.1) is 4.88 Å². The Kier molecular flexibility index (Phi) is 4.11. The number of anilines is 1. The second kappa shape index (κ2) is 6.32. The van der Waals surface area contributed by atoms with Gasteiger partial charge in [0.1, 0.15) is 0 Å². The molecule has 1 saturated heterocycles. The normalized spacial score (nSPS) is 23.2. The molecule has 3 heterocycles. The number of nitrogens with zero attached hydrogens (tertiary/aromatic N) is 3. The number of carbonyl (C=O) groups excluding carboxylic acids is 1. The predicted molar refractivity (Wildman–Crippen MR) is 106 cm³/mol. The Labute approximate surface area is 157 Å². The number of rotatable bonds is 3. The number of hydrogen-bond donors (Lipinski definition) is 2. The molecule has 1 atom stereocenters. The number of nitrogens with one attached hydrogen (secondary N) is 1. The van der Waals surface area contributed by atoms with Gasteiger partial charge >= 0.3 is 6.03 Å². The van der Waals surface area contributed by atoms with E-state index in [1.54, 1.807) is 18.4 Å². The summed E-state index contributed by atoms with van der Waals surface area (Å²) in [4.78, 5) is 21.3. The molecule has 7 heteroatoms. The van der Waals surface area contributed by atoms with Gasteiger partial charge in [0.2, 0.25) is 5.96 Å². The maximum absolute atomic E-state index is 12.1. The number of amides is 2. The van der Waals surface area contributed by atoms with Gasteiger partial charge in [-0.3, -0.25) is 4.90 Å². The van der Waals surface area contributed by atoms with Crippen LogP contribution in [0.5, 0.6) is 0 Å². The van der Waals surface area contributed by atoms with Crippen LogP contribution in [0.3, 0.4) is 0 Å². The fourth-order valence-corrected chi connectivity index (χ4v) is 4.42. The first-order chi connectivity index (χ1) is 12.5. The van der Waals surface area contributed by atoms with Gasteiger partial charge in [-0.15, -0.1) is 11.3 Å². The van der Waals surface area contributed by atoms with Crippen molar-refractivity contribution in [2.24, 2.45) is 10.7 Å². The minimum absolute atomic E-state index is 0.224. The van der Waals surface area contributed by atoms with E-state index in [4.69, 9.17) is 5.73 Å². The van der Waals surface area contributed by atoms with Crippen molar-refractivity contribution in [3.05, 3.63) is 40.6 Å². The smallest absolute Gasteiger partial charge is 0.326 e. The fourth-order valence-electron chi connectivity index (χ4n) is 3.45. The van der Waals surface area contributed by atoms with E-state index in [9.17, 15) is 4.79 Å². The standard InChI is InChI=1S/C19H23N5OS/c1-19(21-17(20)23(2)18(25)22-19)16-11-14(12-26-16)13-6-5-7-15(10-13)24-8-3-4-9-24/h5-7,10-12H,3-4,8-9H2,1-2H3,(H2,20,21)(H,22,25)/t19-/m0/s1. The fraction of sp³-hybridized carbons (Fsp3) is 0.368. The van der Waals surface area contributed by atoms with Crippen molar-refractivity contribution in [2.75, 3.05) is 25.0 Å². The zero-order valence-electron chi connectivity index (χ0n) is 15.0. The number of benzene rings is 1. The molecule has 2 amide bonds. The number of urea groups is 1. The Morgan fingerprint density at radius 2 is 2.00 bits per heavy atom. The molecular weight excluding hydrogens is 346 g/mol. The number of thiophene rings is 1. The average Bonchev–Trinajstić information content (AvgIpc) is 3.32. The molecule has 26 heavy (non-hydrogen) atoms. The third kappa shape index (κ3) is 2.92. The van der Waals surface area contributed by atoms with E-state index in [2.05, 4.69) is 50.9 Å². The van der Waals surface area contributed by atoms with Crippen LogP contribution in [0.25, 0.3) is 11.1 Å². The monoisotopic (exact) mass is 369 g/mol. The summed E-state index contributed by atoms with van der Waals surface area (Å²) in [6, 6.07) is 10.5. The molecule has 2 aromatic rings. The topological polar surface area (TPSA) is 74.0 Å². The van der Waals surface area contributed by atoms with E-state index >= 15 is 0 Å². The molecule has 136 valence electrons. The lowest BCUT2D eigenvalue weighted by molar-refractivity contribution is 0.207. The van der Waals surface area contributed by atoms with Gasteiger partial charge in [0, 0.05) is 25.8 Å². The lowest BCUT2D eigenvalue weighted by Gasteiger charge is -2.34. The average molecular weight is 369 g/mol. The van der Waals surface area contributed by atoms with Gasteiger partial charge in [-0.2, -0.15) is 0 Å². The molecule has 0 bridgehead atoms. The van der Waals surface area contributed by atoms with Gasteiger partial charge in [-0.25, -0.2) is 9.79 Å². The molecule has 4 rings (SSSR count). The van der Waals surface area contributed by atoms with Crippen LogP contribution in [-0.2, 0) is 5.66 Å². The van der Waals surface area contributed by atoms with E-state index < -0.39 is 5.66 Å². The van der Waals surface area contributed by atoms with Crippen LogP contribution in [0.15, 0.2) is 40.7 Å². The highest BCUT2D eigenvalue weighted by atomic mass is 32.1. The quantitative estimate of drug-likeness (QED) is 0.873. The maximum atomic E-state index is 12.1. The van der Waals surface area contributed by atoms with Crippen LogP contribution in [0, 0.1) is 0 Å². The van der Waals surface area contributed by atoms with E-state index in [1.807, 2.05) is 6.92 Å². The first-order valence-electron chi connectivity index (χ1n) is 8.82. The van der Waals surface area contributed by atoms with Crippen LogP contribution in [0.4, 0.5) is 10.5 Å². The third-order valence-corrected chi connectivity index (χ3v) is 6.21. The van der Waals surface area contributed by atoms with E-state index in [1.165, 1.54) is 29.0 Å². The van der Waals surface area contributed by atoms with Gasteiger partial charge in [-0.1, -0.05) is 12.1 Å². The Morgan fingerprint density at radius 3 is 2.73 bits per heavy atom. The van der Waals surface area contributed by atoms with E-state index in [0.717, 1.165) is 23.5 Å². The minimum atomic E-state index is -0.830. The number of carbonyl (C=O) groups is 1. The lowest BCUT2D eigenvalue weighted by atomic mass is 10.0. The largest absolute Gasteiger partial charge is 0.372 e. The van der Waals surface area contributed by atoms with Crippen molar-refractivity contribution in [1.82, 2.24) is 10.2 Å². The molecule has 6 nitrogen and oxygen atoms in total. The van der Waals surface area contributed by atoms with Gasteiger partial charge in [-0.05, 0) is 54.5 Å². The van der Waals surface area contributed by atoms with Crippen molar-refractivity contribution in [2.45, 2.75) is 25.4 Å². The summed E-state index contributed by atoms with van der Waals surface area (Å²) in [6.45, 7) is 4.13. The molecule has 1 aromatic carbocycles. The molecule has 1 aromatic heterocycles. The van der Waals surface area contributed by atoms with E-state index in [0.29, 0.717) is 0 Å². The number of guanidine groups is 1. The molecule has 2 aliphatic rings. The zero-order chi connectivity index (χ0) is 18.3. The van der Waals surface area contributed by atoms with Gasteiger partial charge in [0.25, 0.3) is 0 Å². The summed E-state index contributed by atoms with van der Waals surface area (Å²) in [5.74, 6) is 0.224. The first-order valence-corrected chi connectivity index (χ1v) is 9.70. The van der Waals surface area contributed by atoms with Gasteiger partial charge in [0.15, 0.2) is 5.66 Å². The molecule has 0 unspecified atom stereocenters. The van der Waals surface area contributed by atoms with Crippen molar-refractivity contribution < 1.29 is 4.79 Å². The Bertz CT molecular complexity index is 870. The maximum Gasteiger partial charge on any atom is 0.326 e. The Balaban J connectivity index is 1.64. The van der Waals surface area contributed by atoms with E-state index in [-0.39, 0.29) is 12.0 Å². The van der Waals surface area contributed by atoms with Crippen LogP contribution in [-0.4, -0.2) is 37.0 Å². The predicted octanol–water partition coefficient (Wildman–Crippen LogP) is 3.16. The SMILES string of the molecule is CN1C(=O)N[C@@](C)(c2cc(-c3cccc(N4CCCC4)c3)cs2)N=C1N. The summed E-state index contributed by atoms with van der Waals surface area (Å²) in [5, 5.41) is 5.04. The summed E-state index contributed by atoms with van der Waals surface area (Å²) < 4.78 is 0.